The van der Waals surface area contributed by atoms with Crippen molar-refractivity contribution < 1.29 is 9.53 Å². The third kappa shape index (κ3) is 5.52. The Bertz CT molecular complexity index is 1210. The Hall–Kier alpha value is -2.88. The van der Waals surface area contributed by atoms with Crippen LogP contribution in [0.15, 0.2) is 82.6 Å². The molecule has 0 aromatic heterocycles. The van der Waals surface area contributed by atoms with Crippen LogP contribution in [0.4, 0.5) is 0 Å². The minimum Gasteiger partial charge on any atom is -0.490 e. The first-order valence-electron chi connectivity index (χ1n) is 12.0. The summed E-state index contributed by atoms with van der Waals surface area (Å²) in [6, 6.07) is 26.7. The molecule has 4 nitrogen and oxygen atoms in total. The fourth-order valence-electron chi connectivity index (χ4n) is 5.12. The normalized spacial score (nSPS) is 20.9. The number of ether oxygens (including phenoxy) is 1. The summed E-state index contributed by atoms with van der Waals surface area (Å²) in [6.45, 7) is 0. The topological polar surface area (TPSA) is 53.3 Å². The monoisotopic (exact) mass is 500 g/mol. The number of carbonyl (C=O) groups is 1. The molecule has 6 heteroatoms. The number of thioether (sulfide) groups is 2. The standard InChI is InChI=1S/C29H28N2O2S2/c1-34-27-11-13-28(14-12-27)35-19-20-5-7-22(8-6-20)29(32)31-23-9-10-24(31)17-26(16-23)33-25-4-2-3-21(15-25)18-30/h2-8,11-15,23-24,26H,9-10,16-17,19H2,1H3. The van der Waals surface area contributed by atoms with E-state index in [2.05, 4.69) is 53.6 Å². The number of fused-ring (bicyclic) bond motifs is 2. The van der Waals surface area contributed by atoms with Crippen LogP contribution in [-0.2, 0) is 5.75 Å². The Morgan fingerprint density at radius 3 is 2.34 bits per heavy atom. The van der Waals surface area contributed by atoms with Gasteiger partial charge in [-0.2, -0.15) is 5.26 Å². The molecule has 178 valence electrons. The molecule has 0 radical (unpaired) electrons. The number of nitriles is 1. The Morgan fingerprint density at radius 2 is 1.69 bits per heavy atom. The number of nitrogens with zero attached hydrogens (tertiary/aromatic N) is 2. The number of hydrogen-bond acceptors (Lipinski definition) is 5. The predicted molar refractivity (Wildman–Crippen MR) is 142 cm³/mol. The van der Waals surface area contributed by atoms with Crippen molar-refractivity contribution in [2.45, 2.75) is 59.4 Å². The lowest BCUT2D eigenvalue weighted by Gasteiger charge is -2.39. The lowest BCUT2D eigenvalue weighted by atomic mass is 9.98. The largest absolute Gasteiger partial charge is 0.490 e. The van der Waals surface area contributed by atoms with E-state index in [4.69, 9.17) is 10.00 Å². The molecule has 3 aromatic rings. The molecular formula is C29H28N2O2S2. The summed E-state index contributed by atoms with van der Waals surface area (Å²) < 4.78 is 6.21. The molecule has 0 aliphatic carbocycles. The van der Waals surface area contributed by atoms with Gasteiger partial charge in [0.15, 0.2) is 0 Å². The molecule has 0 N–H and O–H groups in total. The van der Waals surface area contributed by atoms with Crippen LogP contribution in [0.2, 0.25) is 0 Å². The molecule has 3 aromatic carbocycles. The van der Waals surface area contributed by atoms with E-state index in [0.29, 0.717) is 5.56 Å². The highest BCUT2D eigenvalue weighted by Crippen LogP contribution is 2.38. The van der Waals surface area contributed by atoms with Gasteiger partial charge in [-0.1, -0.05) is 18.2 Å². The van der Waals surface area contributed by atoms with Crippen LogP contribution in [0.3, 0.4) is 0 Å². The molecule has 1 amide bonds. The number of amides is 1. The number of piperidine rings is 1. The van der Waals surface area contributed by atoms with Gasteiger partial charge in [-0.15, -0.1) is 23.5 Å². The van der Waals surface area contributed by atoms with E-state index in [1.54, 1.807) is 23.9 Å². The quantitative estimate of drug-likeness (QED) is 0.335. The van der Waals surface area contributed by atoms with E-state index in [1.165, 1.54) is 15.4 Å². The summed E-state index contributed by atoms with van der Waals surface area (Å²) in [6.07, 6.45) is 5.89. The van der Waals surface area contributed by atoms with Crippen molar-refractivity contribution in [3.63, 3.8) is 0 Å². The average Bonchev–Trinajstić information content (AvgIpc) is 3.17. The molecule has 0 spiro atoms. The van der Waals surface area contributed by atoms with E-state index in [-0.39, 0.29) is 24.1 Å². The van der Waals surface area contributed by atoms with Crippen LogP contribution in [-0.4, -0.2) is 35.3 Å². The van der Waals surface area contributed by atoms with Crippen LogP contribution >= 0.6 is 23.5 Å². The van der Waals surface area contributed by atoms with Crippen LogP contribution in [0.5, 0.6) is 5.75 Å². The molecule has 0 saturated carbocycles. The molecule has 2 bridgehead atoms. The lowest BCUT2D eigenvalue weighted by Crippen LogP contribution is -2.49. The van der Waals surface area contributed by atoms with E-state index < -0.39 is 0 Å². The number of rotatable bonds is 7. The van der Waals surface area contributed by atoms with E-state index in [1.807, 2.05) is 36.0 Å². The van der Waals surface area contributed by atoms with Crippen LogP contribution in [0, 0.1) is 11.3 Å². The molecule has 2 aliphatic rings. The number of hydrogen-bond donors (Lipinski definition) is 0. The van der Waals surface area contributed by atoms with E-state index in [0.717, 1.165) is 42.7 Å². The Labute approximate surface area is 215 Å². The first-order chi connectivity index (χ1) is 17.1. The van der Waals surface area contributed by atoms with Gasteiger partial charge in [0, 0.05) is 46.0 Å². The first-order valence-corrected chi connectivity index (χ1v) is 14.2. The van der Waals surface area contributed by atoms with E-state index >= 15 is 0 Å². The summed E-state index contributed by atoms with van der Waals surface area (Å²) in [5.74, 6) is 1.75. The molecule has 2 fully saturated rings. The van der Waals surface area contributed by atoms with Gasteiger partial charge >= 0.3 is 0 Å². The highest BCUT2D eigenvalue weighted by atomic mass is 32.2. The molecule has 2 unspecified atom stereocenters. The number of benzene rings is 3. The van der Waals surface area contributed by atoms with Crippen LogP contribution in [0.25, 0.3) is 0 Å². The van der Waals surface area contributed by atoms with Crippen molar-refractivity contribution in [3.05, 3.63) is 89.5 Å². The minimum absolute atomic E-state index is 0.0786. The van der Waals surface area contributed by atoms with Gasteiger partial charge in [0.25, 0.3) is 5.91 Å². The predicted octanol–water partition coefficient (Wildman–Crippen LogP) is 6.79. The first kappa shape index (κ1) is 23.8. The Balaban J connectivity index is 1.18. The molecule has 2 heterocycles. The summed E-state index contributed by atoms with van der Waals surface area (Å²) in [7, 11) is 0. The summed E-state index contributed by atoms with van der Waals surface area (Å²) >= 11 is 3.56. The summed E-state index contributed by atoms with van der Waals surface area (Å²) in [4.78, 5) is 18.0. The van der Waals surface area contributed by atoms with Crippen molar-refractivity contribution in [1.29, 1.82) is 5.26 Å². The van der Waals surface area contributed by atoms with E-state index in [9.17, 15) is 4.79 Å². The highest BCUT2D eigenvalue weighted by molar-refractivity contribution is 7.99. The van der Waals surface area contributed by atoms with Gasteiger partial charge in [-0.25, -0.2) is 0 Å². The van der Waals surface area contributed by atoms with Crippen molar-refractivity contribution >= 4 is 29.4 Å². The van der Waals surface area contributed by atoms with Crippen LogP contribution in [0.1, 0.15) is 47.2 Å². The zero-order chi connectivity index (χ0) is 24.2. The second-order valence-corrected chi connectivity index (χ2v) is 11.0. The molecule has 35 heavy (non-hydrogen) atoms. The fourth-order valence-corrected chi connectivity index (χ4v) is 6.38. The summed E-state index contributed by atoms with van der Waals surface area (Å²) in [5, 5.41) is 9.13. The maximum atomic E-state index is 13.4. The lowest BCUT2D eigenvalue weighted by molar-refractivity contribution is 0.0359. The van der Waals surface area contributed by atoms with Crippen molar-refractivity contribution in [1.82, 2.24) is 4.90 Å². The highest BCUT2D eigenvalue weighted by Gasteiger charge is 2.44. The molecule has 2 saturated heterocycles. The van der Waals surface area contributed by atoms with Gasteiger partial charge in [0.2, 0.25) is 0 Å². The zero-order valence-corrected chi connectivity index (χ0v) is 21.4. The van der Waals surface area contributed by atoms with Gasteiger partial charge in [0.1, 0.15) is 11.9 Å². The second kappa shape index (κ2) is 10.8. The molecule has 2 atom stereocenters. The maximum absolute atomic E-state index is 13.4. The smallest absolute Gasteiger partial charge is 0.254 e. The van der Waals surface area contributed by atoms with Gasteiger partial charge in [-0.3, -0.25) is 4.79 Å². The zero-order valence-electron chi connectivity index (χ0n) is 19.7. The summed E-state index contributed by atoms with van der Waals surface area (Å²) in [5.41, 5.74) is 2.59. The molecular weight excluding hydrogens is 472 g/mol. The van der Waals surface area contributed by atoms with Crippen molar-refractivity contribution in [2.75, 3.05) is 6.26 Å². The SMILES string of the molecule is CSc1ccc(SCc2ccc(C(=O)N3C4CCC3CC(Oc3cccc(C#N)c3)C4)cc2)cc1. The Morgan fingerprint density at radius 1 is 1.00 bits per heavy atom. The third-order valence-electron chi connectivity index (χ3n) is 6.86. The average molecular weight is 501 g/mol. The van der Waals surface area contributed by atoms with Gasteiger partial charge in [-0.05, 0) is 79.3 Å². The van der Waals surface area contributed by atoms with Crippen molar-refractivity contribution in [3.8, 4) is 11.8 Å². The Kier molecular flexibility index (Phi) is 7.36. The third-order valence-corrected chi connectivity index (χ3v) is 8.68. The van der Waals surface area contributed by atoms with Gasteiger partial charge in [0.05, 0.1) is 11.6 Å². The van der Waals surface area contributed by atoms with Crippen LogP contribution < -0.4 is 4.74 Å². The molecule has 2 aliphatic heterocycles. The van der Waals surface area contributed by atoms with Crippen molar-refractivity contribution in [2.24, 2.45) is 0 Å². The van der Waals surface area contributed by atoms with Gasteiger partial charge < -0.3 is 9.64 Å². The number of carbonyl (C=O) groups excluding carboxylic acids is 1. The molecule has 5 rings (SSSR count). The second-order valence-electron chi connectivity index (χ2n) is 9.11. The minimum atomic E-state index is 0.0786. The fraction of sp³-hybridized carbons (Fsp3) is 0.310. The maximum Gasteiger partial charge on any atom is 0.254 e.